The lowest BCUT2D eigenvalue weighted by atomic mass is 9.99. The van der Waals surface area contributed by atoms with Crippen LogP contribution in [0.4, 0.5) is 4.39 Å². The summed E-state index contributed by atoms with van der Waals surface area (Å²) in [6.45, 7) is 1.66. The molecule has 3 aromatic rings. The average Bonchev–Trinajstić information content (AvgIpc) is 3.13. The second-order valence-corrected chi connectivity index (χ2v) is 6.71. The lowest BCUT2D eigenvalue weighted by Gasteiger charge is -2.34. The van der Waals surface area contributed by atoms with Crippen molar-refractivity contribution in [2.24, 2.45) is 0 Å². The lowest BCUT2D eigenvalue weighted by Crippen LogP contribution is -2.33. The van der Waals surface area contributed by atoms with Crippen LogP contribution in [-0.2, 0) is 6.54 Å². The van der Waals surface area contributed by atoms with Crippen LogP contribution in [0.3, 0.4) is 0 Å². The van der Waals surface area contributed by atoms with Crippen molar-refractivity contribution in [1.82, 2.24) is 14.3 Å². The van der Waals surface area contributed by atoms with Crippen LogP contribution in [-0.4, -0.2) is 20.8 Å². The van der Waals surface area contributed by atoms with Crippen LogP contribution in [0.25, 0.3) is 4.83 Å². The lowest BCUT2D eigenvalue weighted by molar-refractivity contribution is 0.137. The van der Waals surface area contributed by atoms with Crippen molar-refractivity contribution >= 4 is 16.2 Å². The van der Waals surface area contributed by atoms with Gasteiger partial charge in [0.05, 0.1) is 11.7 Å². The first-order valence-corrected chi connectivity index (χ1v) is 8.58. The summed E-state index contributed by atoms with van der Waals surface area (Å²) < 4.78 is 16.1. The molecule has 3 heterocycles. The molecule has 0 saturated carbocycles. The van der Waals surface area contributed by atoms with E-state index in [4.69, 9.17) is 0 Å². The Hall–Kier alpha value is -1.72. The van der Waals surface area contributed by atoms with Crippen molar-refractivity contribution in [3.8, 4) is 0 Å². The van der Waals surface area contributed by atoms with E-state index in [1.807, 2.05) is 24.7 Å². The SMILES string of the molecule is Fc1ccccc1CN1CCCC[C@H]1c1ncn2ccsc12. The highest BCUT2D eigenvalue weighted by atomic mass is 32.1. The molecule has 2 aromatic heterocycles. The summed E-state index contributed by atoms with van der Waals surface area (Å²) in [5, 5.41) is 2.09. The van der Waals surface area contributed by atoms with Gasteiger partial charge in [0.1, 0.15) is 17.0 Å². The Bertz CT molecular complexity index is 779. The van der Waals surface area contributed by atoms with Crippen LogP contribution >= 0.6 is 11.3 Å². The molecular formula is C17H18FN3S. The molecule has 1 saturated heterocycles. The number of thiazole rings is 1. The fourth-order valence-electron chi connectivity index (χ4n) is 3.32. The minimum atomic E-state index is -0.113. The number of halogens is 1. The number of benzene rings is 1. The van der Waals surface area contributed by atoms with Gasteiger partial charge in [-0.05, 0) is 25.5 Å². The van der Waals surface area contributed by atoms with Gasteiger partial charge in [-0.3, -0.25) is 9.30 Å². The van der Waals surface area contributed by atoms with E-state index < -0.39 is 0 Å². The molecule has 0 bridgehead atoms. The van der Waals surface area contributed by atoms with E-state index in [2.05, 4.69) is 19.7 Å². The molecule has 1 aliphatic rings. The molecule has 22 heavy (non-hydrogen) atoms. The minimum absolute atomic E-state index is 0.113. The van der Waals surface area contributed by atoms with Gasteiger partial charge >= 0.3 is 0 Å². The number of likely N-dealkylation sites (tertiary alicyclic amines) is 1. The van der Waals surface area contributed by atoms with Gasteiger partial charge in [0.15, 0.2) is 0 Å². The maximum atomic E-state index is 14.0. The Kier molecular flexibility index (Phi) is 3.68. The molecule has 1 aliphatic heterocycles. The van der Waals surface area contributed by atoms with Gasteiger partial charge in [0, 0.05) is 23.7 Å². The highest BCUT2D eigenvalue weighted by molar-refractivity contribution is 7.15. The molecule has 3 nitrogen and oxygen atoms in total. The van der Waals surface area contributed by atoms with Crippen molar-refractivity contribution in [3.05, 3.63) is 59.2 Å². The summed E-state index contributed by atoms with van der Waals surface area (Å²) in [6.07, 6.45) is 7.41. The molecule has 1 fully saturated rings. The molecule has 1 aromatic carbocycles. The van der Waals surface area contributed by atoms with Crippen LogP contribution in [0.5, 0.6) is 0 Å². The number of hydrogen-bond donors (Lipinski definition) is 0. The van der Waals surface area contributed by atoms with Gasteiger partial charge in [0.2, 0.25) is 0 Å². The largest absolute Gasteiger partial charge is 0.297 e. The maximum absolute atomic E-state index is 14.0. The molecule has 1 atom stereocenters. The third-order valence-corrected chi connectivity index (χ3v) is 5.34. The first kappa shape index (κ1) is 13.9. The number of piperidine rings is 1. The van der Waals surface area contributed by atoms with Gasteiger partial charge in [-0.15, -0.1) is 11.3 Å². The molecule has 0 N–H and O–H groups in total. The monoisotopic (exact) mass is 315 g/mol. The van der Waals surface area contributed by atoms with E-state index in [0.717, 1.165) is 24.2 Å². The number of nitrogens with zero attached hydrogens (tertiary/aromatic N) is 3. The standard InChI is InChI=1S/C17H18FN3S/c18-14-6-2-1-5-13(14)11-20-8-4-3-7-15(20)16-17-21(12-19-16)9-10-22-17/h1-2,5-6,9-10,12,15H,3-4,7-8,11H2/t15-/m0/s1. The van der Waals surface area contributed by atoms with Crippen molar-refractivity contribution in [1.29, 1.82) is 0 Å². The molecule has 0 radical (unpaired) electrons. The van der Waals surface area contributed by atoms with Crippen molar-refractivity contribution in [3.63, 3.8) is 0 Å². The first-order chi connectivity index (χ1) is 10.8. The number of fused-ring (bicyclic) bond motifs is 1. The molecule has 0 unspecified atom stereocenters. The zero-order valence-corrected chi connectivity index (χ0v) is 13.1. The highest BCUT2D eigenvalue weighted by Crippen LogP contribution is 2.35. The average molecular weight is 315 g/mol. The summed E-state index contributed by atoms with van der Waals surface area (Å²) >= 11 is 1.73. The van der Waals surface area contributed by atoms with E-state index in [1.54, 1.807) is 23.5 Å². The quantitative estimate of drug-likeness (QED) is 0.720. The third-order valence-electron chi connectivity index (χ3n) is 4.44. The van der Waals surface area contributed by atoms with Crippen LogP contribution in [0.1, 0.15) is 36.6 Å². The minimum Gasteiger partial charge on any atom is -0.297 e. The third kappa shape index (κ3) is 2.44. The Morgan fingerprint density at radius 1 is 1.27 bits per heavy atom. The Balaban J connectivity index is 1.65. The van der Waals surface area contributed by atoms with Crippen molar-refractivity contribution in [2.45, 2.75) is 31.8 Å². The second kappa shape index (κ2) is 5.82. The molecular weight excluding hydrogens is 297 g/mol. The second-order valence-electron chi connectivity index (χ2n) is 5.82. The highest BCUT2D eigenvalue weighted by Gasteiger charge is 2.28. The molecule has 0 spiro atoms. The number of hydrogen-bond acceptors (Lipinski definition) is 3. The smallest absolute Gasteiger partial charge is 0.127 e. The van der Waals surface area contributed by atoms with Gasteiger partial charge in [0.25, 0.3) is 0 Å². The van der Waals surface area contributed by atoms with Crippen LogP contribution in [0, 0.1) is 5.82 Å². The van der Waals surface area contributed by atoms with Crippen molar-refractivity contribution in [2.75, 3.05) is 6.54 Å². The summed E-state index contributed by atoms with van der Waals surface area (Å²) in [7, 11) is 0. The van der Waals surface area contributed by atoms with E-state index in [-0.39, 0.29) is 11.9 Å². The van der Waals surface area contributed by atoms with Gasteiger partial charge < -0.3 is 0 Å². The summed E-state index contributed by atoms with van der Waals surface area (Å²) in [5.41, 5.74) is 1.92. The molecule has 4 rings (SSSR count). The number of aromatic nitrogens is 2. The van der Waals surface area contributed by atoms with E-state index in [1.165, 1.54) is 17.7 Å². The zero-order chi connectivity index (χ0) is 14.9. The van der Waals surface area contributed by atoms with E-state index in [9.17, 15) is 4.39 Å². The van der Waals surface area contributed by atoms with Crippen molar-refractivity contribution < 1.29 is 4.39 Å². The molecule has 0 amide bonds. The maximum Gasteiger partial charge on any atom is 0.127 e. The summed E-state index contributed by atoms with van der Waals surface area (Å²) in [4.78, 5) is 8.22. The topological polar surface area (TPSA) is 20.5 Å². The predicted molar refractivity (Wildman–Crippen MR) is 86.5 cm³/mol. The summed E-state index contributed by atoms with van der Waals surface area (Å²) in [6, 6.07) is 7.37. The number of rotatable bonds is 3. The molecule has 114 valence electrons. The summed E-state index contributed by atoms with van der Waals surface area (Å²) in [5.74, 6) is -0.113. The van der Waals surface area contributed by atoms with Gasteiger partial charge in [-0.2, -0.15) is 0 Å². The van der Waals surface area contributed by atoms with Crippen LogP contribution in [0.15, 0.2) is 42.2 Å². The first-order valence-electron chi connectivity index (χ1n) is 7.70. The zero-order valence-electron chi connectivity index (χ0n) is 12.3. The Labute approximate surface area is 133 Å². The molecule has 0 aliphatic carbocycles. The number of imidazole rings is 1. The van der Waals surface area contributed by atoms with Gasteiger partial charge in [-0.1, -0.05) is 24.6 Å². The van der Waals surface area contributed by atoms with E-state index in [0.29, 0.717) is 6.54 Å². The normalized spacial score (nSPS) is 19.8. The van der Waals surface area contributed by atoms with Crippen LogP contribution < -0.4 is 0 Å². The fourth-order valence-corrected chi connectivity index (χ4v) is 4.18. The molecule has 5 heteroatoms. The predicted octanol–water partition coefficient (Wildman–Crippen LogP) is 4.26. The van der Waals surface area contributed by atoms with Crippen LogP contribution in [0.2, 0.25) is 0 Å². The Morgan fingerprint density at radius 3 is 3.09 bits per heavy atom. The Morgan fingerprint density at radius 2 is 2.18 bits per heavy atom. The van der Waals surface area contributed by atoms with Gasteiger partial charge in [-0.25, -0.2) is 9.37 Å². The fraction of sp³-hybridized carbons (Fsp3) is 0.353. The van der Waals surface area contributed by atoms with E-state index >= 15 is 0 Å².